The zero-order valence-corrected chi connectivity index (χ0v) is 6.96. The monoisotopic (exact) mass is 204 g/mol. The van der Waals surface area contributed by atoms with Crippen molar-refractivity contribution in [1.29, 1.82) is 0 Å². The van der Waals surface area contributed by atoms with Gasteiger partial charge in [-0.1, -0.05) is 16.6 Å². The maximum absolute atomic E-state index is 10.8. The molecule has 0 aromatic rings. The van der Waals surface area contributed by atoms with Gasteiger partial charge >= 0.3 is 16.4 Å². The summed E-state index contributed by atoms with van der Waals surface area (Å²) in [6.45, 7) is 0. The summed E-state index contributed by atoms with van der Waals surface area (Å²) in [5, 5.41) is 9.47. The Morgan fingerprint density at radius 2 is 2.17 bits per heavy atom. The molecule has 1 amide bonds. The summed E-state index contributed by atoms with van der Waals surface area (Å²) >= 11 is 4.50. The molecule has 7 nitrogen and oxygen atoms in total. The number of amides is 1. The van der Waals surface area contributed by atoms with E-state index in [1.54, 1.807) is 0 Å². The second kappa shape index (κ2) is 3.36. The van der Waals surface area contributed by atoms with E-state index >= 15 is 0 Å². The molecule has 1 aliphatic rings. The maximum atomic E-state index is 10.8. The average Bonchev–Trinajstić information content (AvgIpc) is 2.33. The molecule has 0 aliphatic carbocycles. The van der Waals surface area contributed by atoms with Gasteiger partial charge in [0.15, 0.2) is 10.7 Å². The van der Waals surface area contributed by atoms with Gasteiger partial charge in [0.25, 0.3) is 0 Å². The summed E-state index contributed by atoms with van der Waals surface area (Å²) < 4.78 is 22.5. The van der Waals surface area contributed by atoms with Crippen molar-refractivity contribution in [2.75, 3.05) is 0 Å². The number of hydrogen-bond acceptors (Lipinski definition) is 6. The lowest BCUT2D eigenvalue weighted by atomic mass is 10.4. The van der Waals surface area contributed by atoms with Crippen LogP contribution in [0.1, 0.15) is 0 Å². The minimum Gasteiger partial charge on any atom is -0.264 e. The van der Waals surface area contributed by atoms with E-state index in [1.165, 1.54) is 0 Å². The van der Waals surface area contributed by atoms with Crippen molar-refractivity contribution in [3.8, 4) is 0 Å². The first-order chi connectivity index (χ1) is 5.61. The number of nitrogens with zero attached hydrogens (tertiary/aromatic N) is 4. The summed E-state index contributed by atoms with van der Waals surface area (Å²) in [6, 6.07) is 0. The fourth-order valence-corrected chi connectivity index (χ4v) is 0.830. The fraction of sp³-hybridized carbons (Fsp3) is 0. The first-order valence-electron chi connectivity index (χ1n) is 2.49. The van der Waals surface area contributed by atoms with Gasteiger partial charge in [-0.25, -0.2) is 0 Å². The molecule has 0 bridgehead atoms. The molecule has 62 valence electrons. The first kappa shape index (κ1) is 8.74. The Kier molecular flexibility index (Phi) is 2.45. The molecule has 1 rings (SSSR count). The molecular weight excluding hydrogens is 204 g/mol. The fourth-order valence-electron chi connectivity index (χ4n) is 0.443. The summed E-state index contributed by atoms with van der Waals surface area (Å²) in [5.41, 5.74) is -0.325. The second-order valence-electron chi connectivity index (χ2n) is 1.56. The van der Waals surface area contributed by atoms with E-state index in [0.717, 1.165) is 0 Å². The standard InChI is InChI=1S/C3N4O3S2/c8-2(6-12(9)10)1-3(11)5-7-4-1. The molecule has 0 saturated heterocycles. The molecule has 0 unspecified atom stereocenters. The predicted octanol–water partition coefficient (Wildman–Crippen LogP) is -0.275. The Morgan fingerprint density at radius 1 is 1.50 bits per heavy atom. The van der Waals surface area contributed by atoms with Crippen LogP contribution in [0.25, 0.3) is 0 Å². The van der Waals surface area contributed by atoms with Crippen LogP contribution in [0, 0.1) is 0 Å². The van der Waals surface area contributed by atoms with Crippen LogP contribution < -0.4 is 0 Å². The van der Waals surface area contributed by atoms with E-state index in [2.05, 4.69) is 32.0 Å². The highest BCUT2D eigenvalue weighted by molar-refractivity contribution is 7.82. The van der Waals surface area contributed by atoms with Gasteiger partial charge in [0, 0.05) is 0 Å². The van der Waals surface area contributed by atoms with Crippen molar-refractivity contribution in [3.05, 3.63) is 0 Å². The van der Waals surface area contributed by atoms with E-state index < -0.39 is 16.4 Å². The normalized spacial score (nSPS) is 14.3. The quantitative estimate of drug-likeness (QED) is 0.548. The lowest BCUT2D eigenvalue weighted by Gasteiger charge is -1.84. The van der Waals surface area contributed by atoms with Crippen molar-refractivity contribution >= 4 is 39.3 Å². The predicted molar refractivity (Wildman–Crippen MR) is 41.2 cm³/mol. The van der Waals surface area contributed by atoms with Crippen LogP contribution in [0.2, 0.25) is 0 Å². The van der Waals surface area contributed by atoms with Crippen LogP contribution in [0.5, 0.6) is 0 Å². The Morgan fingerprint density at radius 3 is 2.58 bits per heavy atom. The van der Waals surface area contributed by atoms with E-state index in [-0.39, 0.29) is 10.7 Å². The number of rotatable bonds is 1. The van der Waals surface area contributed by atoms with Gasteiger partial charge in [-0.2, -0.15) is 8.42 Å². The smallest absolute Gasteiger partial charge is 0.264 e. The van der Waals surface area contributed by atoms with Gasteiger partial charge in [-0.3, -0.25) is 4.79 Å². The van der Waals surface area contributed by atoms with Gasteiger partial charge in [0.05, 0.1) is 0 Å². The van der Waals surface area contributed by atoms with E-state index in [0.29, 0.717) is 0 Å². The SMILES string of the molecule is O=C(N=S(=O)=O)C1=NN=NC1=S. The number of hydrogen-bond donors (Lipinski definition) is 0. The Labute approximate surface area is 72.9 Å². The zero-order valence-electron chi connectivity index (χ0n) is 5.33. The summed E-state index contributed by atoms with van der Waals surface area (Å²) in [6.07, 6.45) is 0. The molecule has 0 saturated carbocycles. The molecule has 0 fully saturated rings. The molecule has 0 N–H and O–H groups in total. The molecular formula is C3N4O3S2. The lowest BCUT2D eigenvalue weighted by Crippen LogP contribution is -2.16. The topological polar surface area (TPSA) is 101 Å². The molecule has 0 aromatic carbocycles. The van der Waals surface area contributed by atoms with Crippen molar-refractivity contribution in [2.45, 2.75) is 0 Å². The van der Waals surface area contributed by atoms with E-state index in [9.17, 15) is 13.2 Å². The molecule has 1 heterocycles. The molecule has 0 aromatic heterocycles. The van der Waals surface area contributed by atoms with Crippen LogP contribution in [-0.4, -0.2) is 25.0 Å². The van der Waals surface area contributed by atoms with Gasteiger partial charge in [0.1, 0.15) is 0 Å². The summed E-state index contributed by atoms with van der Waals surface area (Å²) in [4.78, 5) is 10.6. The highest BCUT2D eigenvalue weighted by Crippen LogP contribution is 2.00. The Balaban J connectivity index is 2.96. The highest BCUT2D eigenvalue weighted by Gasteiger charge is 2.20. The molecule has 0 radical (unpaired) electrons. The van der Waals surface area contributed by atoms with Crippen molar-refractivity contribution in [2.24, 2.45) is 19.8 Å². The molecule has 0 atom stereocenters. The van der Waals surface area contributed by atoms with E-state index in [4.69, 9.17) is 0 Å². The molecule has 9 heteroatoms. The van der Waals surface area contributed by atoms with Crippen LogP contribution in [-0.2, 0) is 15.3 Å². The van der Waals surface area contributed by atoms with Crippen molar-refractivity contribution < 1.29 is 13.2 Å². The first-order valence-corrected chi connectivity index (χ1v) is 3.94. The van der Waals surface area contributed by atoms with E-state index in [1.807, 2.05) is 0 Å². The summed E-state index contributed by atoms with van der Waals surface area (Å²) in [5.74, 6) is -1.06. The van der Waals surface area contributed by atoms with Gasteiger partial charge in [0.2, 0.25) is 0 Å². The Bertz CT molecular complexity index is 422. The van der Waals surface area contributed by atoms with Crippen molar-refractivity contribution in [3.63, 3.8) is 0 Å². The lowest BCUT2D eigenvalue weighted by molar-refractivity contribution is -0.111. The minimum absolute atomic E-state index is 0.158. The molecule has 1 aliphatic heterocycles. The molecule has 12 heavy (non-hydrogen) atoms. The largest absolute Gasteiger partial charge is 0.319 e. The third kappa shape index (κ3) is 1.83. The minimum atomic E-state index is -2.80. The van der Waals surface area contributed by atoms with Crippen LogP contribution >= 0.6 is 12.2 Å². The number of carbonyl (C=O) groups excluding carboxylic acids is 1. The highest BCUT2D eigenvalue weighted by atomic mass is 32.2. The van der Waals surface area contributed by atoms with Gasteiger partial charge in [-0.15, -0.1) is 10.2 Å². The second-order valence-corrected chi connectivity index (χ2v) is 2.56. The van der Waals surface area contributed by atoms with Gasteiger partial charge in [-0.05, 0) is 5.22 Å². The zero-order chi connectivity index (χ0) is 9.14. The van der Waals surface area contributed by atoms with Crippen LogP contribution in [0.3, 0.4) is 0 Å². The Hall–Kier alpha value is -1.35. The maximum Gasteiger partial charge on any atom is 0.319 e. The third-order valence-corrected chi connectivity index (χ3v) is 1.43. The summed E-state index contributed by atoms with van der Waals surface area (Å²) in [7, 11) is -2.80. The molecule has 0 spiro atoms. The van der Waals surface area contributed by atoms with Crippen LogP contribution in [0.15, 0.2) is 19.8 Å². The number of carbonyl (C=O) groups is 1. The average molecular weight is 204 g/mol. The van der Waals surface area contributed by atoms with Crippen molar-refractivity contribution in [1.82, 2.24) is 0 Å². The third-order valence-electron chi connectivity index (χ3n) is 0.843. The van der Waals surface area contributed by atoms with Gasteiger partial charge < -0.3 is 0 Å². The van der Waals surface area contributed by atoms with Crippen LogP contribution in [0.4, 0.5) is 0 Å². The number of thiocarbonyl (C=S) groups is 1.